The van der Waals surface area contributed by atoms with E-state index in [9.17, 15) is 19.2 Å². The quantitative estimate of drug-likeness (QED) is 0.422. The van der Waals surface area contributed by atoms with Crippen molar-refractivity contribution in [1.82, 2.24) is 0 Å². The molecule has 2 saturated carbocycles. The van der Waals surface area contributed by atoms with E-state index in [0.717, 1.165) is 24.7 Å². The van der Waals surface area contributed by atoms with E-state index in [0.29, 0.717) is 6.42 Å². The van der Waals surface area contributed by atoms with Gasteiger partial charge in [-0.05, 0) is 48.3 Å². The Labute approximate surface area is 208 Å². The maximum absolute atomic E-state index is 13.5. The van der Waals surface area contributed by atoms with E-state index in [1.54, 1.807) is 19.3 Å². The van der Waals surface area contributed by atoms with Crippen LogP contribution in [0.15, 0.2) is 23.8 Å². The molecule has 4 aliphatic rings. The summed E-state index contributed by atoms with van der Waals surface area (Å²) in [7, 11) is 1.61. The van der Waals surface area contributed by atoms with Crippen molar-refractivity contribution < 1.29 is 28.7 Å². The summed E-state index contributed by atoms with van der Waals surface area (Å²) in [6.07, 6.45) is 7.37. The summed E-state index contributed by atoms with van der Waals surface area (Å²) in [4.78, 5) is 51.0. The summed E-state index contributed by atoms with van der Waals surface area (Å²) in [6.45, 7) is 13.7. The molecule has 9 unspecified atom stereocenters. The van der Waals surface area contributed by atoms with Gasteiger partial charge in [-0.3, -0.25) is 14.4 Å². The molecule has 0 radical (unpaired) electrons. The summed E-state index contributed by atoms with van der Waals surface area (Å²) in [5, 5.41) is 0. The van der Waals surface area contributed by atoms with Crippen molar-refractivity contribution in [3.8, 4) is 0 Å². The highest BCUT2D eigenvalue weighted by Crippen LogP contribution is 2.72. The minimum atomic E-state index is -0.710. The fourth-order valence-electron chi connectivity index (χ4n) is 9.02. The van der Waals surface area contributed by atoms with Crippen LogP contribution >= 0.6 is 0 Å². The van der Waals surface area contributed by atoms with E-state index in [2.05, 4.69) is 20.8 Å². The highest BCUT2D eigenvalue weighted by Gasteiger charge is 2.72. The Morgan fingerprint density at radius 2 is 1.86 bits per heavy atom. The molecule has 0 N–H and O–H groups in total. The normalized spacial score (nSPS) is 44.6. The monoisotopic (exact) mass is 484 g/mol. The maximum Gasteiger partial charge on any atom is 0.303 e. The molecule has 0 aromatic carbocycles. The van der Waals surface area contributed by atoms with Crippen molar-refractivity contribution in [3.05, 3.63) is 23.8 Å². The van der Waals surface area contributed by atoms with Gasteiger partial charge < -0.3 is 14.3 Å². The summed E-state index contributed by atoms with van der Waals surface area (Å²) in [6, 6.07) is 0. The molecule has 0 heterocycles. The van der Waals surface area contributed by atoms with Gasteiger partial charge in [0.2, 0.25) is 0 Å². The lowest BCUT2D eigenvalue weighted by atomic mass is 9.37. The molecule has 4 rings (SSSR count). The molecule has 0 saturated heterocycles. The van der Waals surface area contributed by atoms with Crippen molar-refractivity contribution in [2.45, 2.75) is 79.9 Å². The van der Waals surface area contributed by atoms with Crippen LogP contribution in [0.5, 0.6) is 0 Å². The fourth-order valence-corrected chi connectivity index (χ4v) is 9.02. The van der Waals surface area contributed by atoms with Gasteiger partial charge in [-0.25, -0.2) is 0 Å². The number of rotatable bonds is 5. The van der Waals surface area contributed by atoms with Gasteiger partial charge in [0, 0.05) is 48.0 Å². The Bertz CT molecular complexity index is 1020. The predicted octanol–water partition coefficient (Wildman–Crippen LogP) is 4.51. The molecule has 0 aromatic heterocycles. The Morgan fingerprint density at radius 1 is 1.20 bits per heavy atom. The van der Waals surface area contributed by atoms with Crippen molar-refractivity contribution in [2.75, 3.05) is 7.11 Å². The first-order valence-corrected chi connectivity index (χ1v) is 12.9. The summed E-state index contributed by atoms with van der Waals surface area (Å²) in [5.41, 5.74) is -1.36. The molecular formula is C29H40O6. The molecule has 0 spiro atoms. The van der Waals surface area contributed by atoms with Crippen LogP contribution in [-0.4, -0.2) is 43.1 Å². The third-order valence-corrected chi connectivity index (χ3v) is 10.4. The van der Waals surface area contributed by atoms with Crippen LogP contribution in [0.3, 0.4) is 0 Å². The number of carbonyl (C=O) groups excluding carboxylic acids is 4. The number of ketones is 2. The average Bonchev–Trinajstić information content (AvgIpc) is 3.05. The summed E-state index contributed by atoms with van der Waals surface area (Å²) in [5.74, 6) is -1.35. The molecule has 6 nitrogen and oxygen atoms in total. The largest absolute Gasteiger partial charge is 0.459 e. The first-order chi connectivity index (χ1) is 16.2. The molecule has 192 valence electrons. The highest BCUT2D eigenvalue weighted by molar-refractivity contribution is 5.99. The van der Waals surface area contributed by atoms with Crippen molar-refractivity contribution in [1.29, 1.82) is 0 Å². The molecule has 35 heavy (non-hydrogen) atoms. The van der Waals surface area contributed by atoms with Gasteiger partial charge in [0.25, 0.3) is 0 Å². The Hall–Kier alpha value is -2.08. The number of esters is 1. The van der Waals surface area contributed by atoms with Crippen LogP contribution in [0.2, 0.25) is 0 Å². The van der Waals surface area contributed by atoms with Crippen LogP contribution in [0.1, 0.15) is 67.7 Å². The molecule has 0 amide bonds. The van der Waals surface area contributed by atoms with Gasteiger partial charge in [-0.2, -0.15) is 0 Å². The Kier molecular flexibility index (Phi) is 6.11. The minimum Gasteiger partial charge on any atom is -0.459 e. The zero-order valence-electron chi connectivity index (χ0n) is 22.3. The first kappa shape index (κ1) is 26.0. The second-order valence-corrected chi connectivity index (χ2v) is 12.4. The first-order valence-electron chi connectivity index (χ1n) is 12.9. The van der Waals surface area contributed by atoms with Gasteiger partial charge in [0.05, 0.1) is 6.10 Å². The number of hydrogen-bond donors (Lipinski definition) is 0. The van der Waals surface area contributed by atoms with E-state index in [1.165, 1.54) is 6.92 Å². The van der Waals surface area contributed by atoms with E-state index in [4.69, 9.17) is 9.47 Å². The molecular weight excluding hydrogens is 444 g/mol. The lowest BCUT2D eigenvalue weighted by molar-refractivity contribution is -0.235. The minimum absolute atomic E-state index is 0.0131. The molecule has 9 atom stereocenters. The van der Waals surface area contributed by atoms with Gasteiger partial charge in [0.15, 0.2) is 11.6 Å². The fraction of sp³-hybridized carbons (Fsp3) is 0.724. The Balaban J connectivity index is 1.97. The molecule has 0 bridgehead atoms. The van der Waals surface area contributed by atoms with E-state index >= 15 is 0 Å². The number of ether oxygens (including phenoxy) is 2. The smallest absolute Gasteiger partial charge is 0.303 e. The van der Waals surface area contributed by atoms with Crippen molar-refractivity contribution in [3.63, 3.8) is 0 Å². The topological polar surface area (TPSA) is 86.7 Å². The summed E-state index contributed by atoms with van der Waals surface area (Å²) >= 11 is 0. The van der Waals surface area contributed by atoms with Crippen molar-refractivity contribution in [2.24, 2.45) is 45.3 Å². The van der Waals surface area contributed by atoms with Crippen LogP contribution in [0.25, 0.3) is 0 Å². The van der Waals surface area contributed by atoms with E-state index in [1.807, 2.05) is 26.8 Å². The molecule has 2 fully saturated rings. The maximum atomic E-state index is 13.5. The number of methoxy groups -OCH3 is 1. The molecule has 4 aliphatic carbocycles. The number of carbonyl (C=O) groups is 4. The second kappa shape index (κ2) is 8.22. The second-order valence-electron chi connectivity index (χ2n) is 12.4. The van der Waals surface area contributed by atoms with Crippen molar-refractivity contribution >= 4 is 23.8 Å². The third-order valence-electron chi connectivity index (χ3n) is 10.4. The standard InChI is InChI=1S/C29H40O6/c1-9-17(15-30)22-18(32)14-20-27(22,5)12-10-19-28(6)13-11-21(33)26(3,4)24(28)23(34-8)25(29(19,20)7)35-16(2)31/h11,13-15,17,19,22-25H,9-10,12H2,1-8H3. The lowest BCUT2D eigenvalue weighted by Gasteiger charge is -2.68. The van der Waals surface area contributed by atoms with Gasteiger partial charge in [0.1, 0.15) is 12.4 Å². The zero-order chi connectivity index (χ0) is 26.1. The van der Waals surface area contributed by atoms with Crippen LogP contribution in [0.4, 0.5) is 0 Å². The van der Waals surface area contributed by atoms with Crippen LogP contribution in [0, 0.1) is 45.3 Å². The Morgan fingerprint density at radius 3 is 2.40 bits per heavy atom. The molecule has 0 aliphatic heterocycles. The van der Waals surface area contributed by atoms with Gasteiger partial charge in [-0.1, -0.05) is 47.6 Å². The van der Waals surface area contributed by atoms with Gasteiger partial charge in [-0.15, -0.1) is 0 Å². The lowest BCUT2D eigenvalue weighted by Crippen LogP contribution is -2.70. The number of allylic oxidation sites excluding steroid dienone is 3. The predicted molar refractivity (Wildman–Crippen MR) is 131 cm³/mol. The highest BCUT2D eigenvalue weighted by atomic mass is 16.6. The van der Waals surface area contributed by atoms with Gasteiger partial charge >= 0.3 is 5.97 Å². The number of aldehydes is 1. The number of fused-ring (bicyclic) bond motifs is 5. The molecule has 6 heteroatoms. The SMILES string of the molecule is CCC(C=O)C1C(=O)C=C2C1(C)CCC1C3(C)C=CC(=O)C(C)(C)C3C(OC)C(OC(C)=O)C21C. The van der Waals surface area contributed by atoms with E-state index < -0.39 is 45.8 Å². The third kappa shape index (κ3) is 3.24. The van der Waals surface area contributed by atoms with E-state index in [-0.39, 0.29) is 29.3 Å². The zero-order valence-corrected chi connectivity index (χ0v) is 22.3. The average molecular weight is 485 g/mol. The van der Waals surface area contributed by atoms with Crippen LogP contribution < -0.4 is 0 Å². The molecule has 0 aromatic rings. The summed E-state index contributed by atoms with van der Waals surface area (Å²) < 4.78 is 12.2. The van der Waals surface area contributed by atoms with Crippen LogP contribution in [-0.2, 0) is 28.7 Å². The number of hydrogen-bond acceptors (Lipinski definition) is 6.